The number of carbonyl (C=O) groups is 1. The molecule has 0 radical (unpaired) electrons. The first-order valence-corrected chi connectivity index (χ1v) is 4.21. The Morgan fingerprint density at radius 3 is 2.92 bits per heavy atom. The van der Waals surface area contributed by atoms with E-state index in [1.165, 1.54) is 4.90 Å². The molecule has 0 aromatic carbocycles. The number of rotatable bonds is 2. The van der Waals surface area contributed by atoms with E-state index in [0.717, 1.165) is 6.42 Å². The van der Waals surface area contributed by atoms with E-state index in [-0.39, 0.29) is 12.0 Å². The van der Waals surface area contributed by atoms with E-state index in [2.05, 4.69) is 10.0 Å². The van der Waals surface area contributed by atoms with Gasteiger partial charge in [-0.25, -0.2) is 0 Å². The van der Waals surface area contributed by atoms with E-state index in [1.807, 2.05) is 6.92 Å². The number of hydrogen-bond acceptors (Lipinski definition) is 4. The molecule has 1 heterocycles. The van der Waals surface area contributed by atoms with E-state index in [0.29, 0.717) is 13.1 Å². The van der Waals surface area contributed by atoms with Crippen molar-refractivity contribution in [2.45, 2.75) is 19.4 Å². The summed E-state index contributed by atoms with van der Waals surface area (Å²) >= 11 is 0. The Labute approximate surface area is 75.8 Å². The lowest BCUT2D eigenvalue weighted by Gasteiger charge is -2.17. The molecule has 0 aromatic heterocycles. The predicted molar refractivity (Wildman–Crippen MR) is 41.8 cm³/mol. The van der Waals surface area contributed by atoms with Gasteiger partial charge in [0.15, 0.2) is 6.04 Å². The summed E-state index contributed by atoms with van der Waals surface area (Å²) in [5.74, 6) is 0.173. The Hall–Kier alpha value is -1.42. The summed E-state index contributed by atoms with van der Waals surface area (Å²) < 4.78 is 0. The molecular formula is C7H12N4O2. The number of amides is 1. The molecule has 1 aliphatic rings. The molecule has 1 N–H and O–H groups in total. The van der Waals surface area contributed by atoms with Crippen molar-refractivity contribution in [1.29, 1.82) is 5.53 Å². The van der Waals surface area contributed by atoms with Gasteiger partial charge < -0.3 is 14.8 Å². The molecule has 0 saturated carbocycles. The Bertz CT molecular complexity index is 249. The summed E-state index contributed by atoms with van der Waals surface area (Å²) in [4.78, 5) is 14.7. The topological polar surface area (TPSA) is 93.7 Å². The van der Waals surface area contributed by atoms with E-state index in [4.69, 9.17) is 5.53 Å². The maximum atomic E-state index is 10.5. The number of carbonyl (C=O) groups excluding carboxylic acids is 1. The minimum atomic E-state index is -1.17. The number of likely N-dealkylation sites (tertiary alicyclic amines) is 1. The molecule has 72 valence electrons. The summed E-state index contributed by atoms with van der Waals surface area (Å²) in [6, 6.07) is -0.166. The van der Waals surface area contributed by atoms with Crippen LogP contribution in [0, 0.1) is 11.4 Å². The third-order valence-corrected chi connectivity index (χ3v) is 2.40. The fourth-order valence-electron chi connectivity index (χ4n) is 1.61. The lowest BCUT2D eigenvalue weighted by molar-refractivity contribution is -0.264. The molecule has 1 amide bonds. The van der Waals surface area contributed by atoms with Gasteiger partial charge in [-0.2, -0.15) is 0 Å². The maximum Gasteiger partial charge on any atom is 0.214 e. The Kier molecular flexibility index (Phi) is 2.97. The predicted octanol–water partition coefficient (Wildman–Crippen LogP) is -0.410. The van der Waals surface area contributed by atoms with Gasteiger partial charge >= 0.3 is 0 Å². The van der Waals surface area contributed by atoms with Gasteiger partial charge in [0.2, 0.25) is 4.91 Å². The second-order valence-electron chi connectivity index (χ2n) is 3.12. The Balaban J connectivity index is 2.66. The van der Waals surface area contributed by atoms with Crippen molar-refractivity contribution in [3.05, 3.63) is 0 Å². The average Bonchev–Trinajstić information content (AvgIpc) is 2.48. The van der Waals surface area contributed by atoms with Gasteiger partial charge in [0, 0.05) is 19.0 Å². The largest absolute Gasteiger partial charge is 0.530 e. The van der Waals surface area contributed by atoms with Crippen LogP contribution in [0.2, 0.25) is 0 Å². The van der Waals surface area contributed by atoms with Crippen LogP contribution in [0.3, 0.4) is 0 Å². The van der Waals surface area contributed by atoms with Crippen LogP contribution in [0.5, 0.6) is 0 Å². The highest BCUT2D eigenvalue weighted by molar-refractivity contribution is 5.63. The maximum absolute atomic E-state index is 10.5. The Morgan fingerprint density at radius 2 is 2.46 bits per heavy atom. The molecule has 0 aliphatic carbocycles. The third-order valence-electron chi connectivity index (χ3n) is 2.40. The zero-order chi connectivity index (χ0) is 9.84. The fourth-order valence-corrected chi connectivity index (χ4v) is 1.61. The number of nitrogens with zero attached hydrogens (tertiary/aromatic N) is 3. The first kappa shape index (κ1) is 9.67. The standard InChI is InChI=1S/C7H12N4O2/c1-2-5-3-11(7(12)13)4-6(5)9-10-8/h5-6,8H,2-4H2,1H3. The van der Waals surface area contributed by atoms with Crippen LogP contribution in [0.1, 0.15) is 13.3 Å². The van der Waals surface area contributed by atoms with Crippen molar-refractivity contribution in [3.8, 4) is 0 Å². The molecule has 1 saturated heterocycles. The van der Waals surface area contributed by atoms with Crippen molar-refractivity contribution in [2.24, 2.45) is 11.0 Å². The molecule has 6 heteroatoms. The SMILES string of the molecule is CCC1CN(C(=O)[O-])CC1N=[N+]=N. The van der Waals surface area contributed by atoms with Gasteiger partial charge in [0.1, 0.15) is 16.7 Å². The molecule has 0 spiro atoms. The van der Waals surface area contributed by atoms with Gasteiger partial charge in [-0.1, -0.05) is 6.92 Å². The van der Waals surface area contributed by atoms with Crippen molar-refractivity contribution in [1.82, 2.24) is 9.81 Å². The number of hydrogen-bond donors (Lipinski definition) is 1. The molecule has 1 rings (SSSR count). The smallest absolute Gasteiger partial charge is 0.214 e. The summed E-state index contributed by atoms with van der Waals surface area (Å²) in [6.07, 6.45) is -0.325. The number of nitrogens with one attached hydrogen (secondary N) is 1. The molecule has 0 aromatic rings. The van der Waals surface area contributed by atoms with Crippen molar-refractivity contribution >= 4 is 6.09 Å². The molecule has 13 heavy (non-hydrogen) atoms. The summed E-state index contributed by atoms with van der Waals surface area (Å²) in [5, 5.41) is 14.2. The highest BCUT2D eigenvalue weighted by Gasteiger charge is 2.34. The van der Waals surface area contributed by atoms with Crippen molar-refractivity contribution < 1.29 is 9.90 Å². The van der Waals surface area contributed by atoms with Crippen LogP contribution >= 0.6 is 0 Å². The van der Waals surface area contributed by atoms with Crippen LogP contribution in [0.4, 0.5) is 4.79 Å². The minimum Gasteiger partial charge on any atom is -0.530 e. The highest BCUT2D eigenvalue weighted by Crippen LogP contribution is 2.21. The average molecular weight is 184 g/mol. The molecule has 0 bridgehead atoms. The normalized spacial score (nSPS) is 27.0. The monoisotopic (exact) mass is 184 g/mol. The van der Waals surface area contributed by atoms with E-state index in [9.17, 15) is 9.90 Å². The number of carboxylic acid groups (broad SMARTS) is 1. The van der Waals surface area contributed by atoms with Gasteiger partial charge in [-0.15, -0.1) is 0 Å². The summed E-state index contributed by atoms with van der Waals surface area (Å²) in [6.45, 7) is 2.72. The van der Waals surface area contributed by atoms with Gasteiger partial charge in [0.25, 0.3) is 0 Å². The van der Waals surface area contributed by atoms with Crippen LogP contribution in [0.25, 0.3) is 0 Å². The lowest BCUT2D eigenvalue weighted by atomic mass is 10.0. The van der Waals surface area contributed by atoms with Crippen molar-refractivity contribution in [2.75, 3.05) is 13.1 Å². The fraction of sp³-hybridized carbons (Fsp3) is 0.857. The molecule has 1 fully saturated rings. The first-order chi connectivity index (χ1) is 6.19. The Morgan fingerprint density at radius 1 is 1.77 bits per heavy atom. The summed E-state index contributed by atoms with van der Waals surface area (Å²) in [5.41, 5.74) is 6.58. The van der Waals surface area contributed by atoms with Crippen LogP contribution in [0.15, 0.2) is 5.11 Å². The minimum absolute atomic E-state index is 0.166. The van der Waals surface area contributed by atoms with E-state index < -0.39 is 6.09 Å². The van der Waals surface area contributed by atoms with Crippen molar-refractivity contribution in [3.63, 3.8) is 0 Å². The van der Waals surface area contributed by atoms with Gasteiger partial charge in [-0.05, 0) is 6.42 Å². The third kappa shape index (κ3) is 2.03. The molecule has 2 atom stereocenters. The van der Waals surface area contributed by atoms with Crippen LogP contribution in [-0.2, 0) is 0 Å². The van der Waals surface area contributed by atoms with Crippen LogP contribution < -0.4 is 10.0 Å². The molecule has 1 aliphatic heterocycles. The van der Waals surface area contributed by atoms with E-state index in [1.54, 1.807) is 0 Å². The molecular weight excluding hydrogens is 172 g/mol. The zero-order valence-corrected chi connectivity index (χ0v) is 7.43. The van der Waals surface area contributed by atoms with Gasteiger partial charge in [0.05, 0.1) is 0 Å². The van der Waals surface area contributed by atoms with Crippen LogP contribution in [-0.4, -0.2) is 30.1 Å². The van der Waals surface area contributed by atoms with E-state index >= 15 is 0 Å². The highest BCUT2D eigenvalue weighted by atomic mass is 16.4. The lowest BCUT2D eigenvalue weighted by Crippen LogP contribution is -2.40. The van der Waals surface area contributed by atoms with Gasteiger partial charge in [-0.3, -0.25) is 0 Å². The first-order valence-electron chi connectivity index (χ1n) is 4.21. The quantitative estimate of drug-likeness (QED) is 0.466. The molecule has 6 nitrogen and oxygen atoms in total. The summed E-state index contributed by atoms with van der Waals surface area (Å²) in [7, 11) is 0. The second-order valence-corrected chi connectivity index (χ2v) is 3.12. The molecule has 2 unspecified atom stereocenters. The zero-order valence-electron chi connectivity index (χ0n) is 7.43. The second kappa shape index (κ2) is 4.00.